The Kier molecular flexibility index (Phi) is 5.97. The average Bonchev–Trinajstić information content (AvgIpc) is 2.91. The number of carbonyl (C=O) groups is 1. The molecule has 0 N–H and O–H groups in total. The van der Waals surface area contributed by atoms with Gasteiger partial charge < -0.3 is 14.4 Å². The lowest BCUT2D eigenvalue weighted by Crippen LogP contribution is -2.42. The zero-order valence-corrected chi connectivity index (χ0v) is 15.4. The lowest BCUT2D eigenvalue weighted by Gasteiger charge is -2.28. The molecule has 0 aliphatic carbocycles. The van der Waals surface area contributed by atoms with Crippen molar-refractivity contribution in [1.82, 2.24) is 14.9 Å². The summed E-state index contributed by atoms with van der Waals surface area (Å²) < 4.78 is 11.2. The molecule has 1 aliphatic heterocycles. The van der Waals surface area contributed by atoms with Gasteiger partial charge in [-0.2, -0.15) is 4.98 Å². The van der Waals surface area contributed by atoms with E-state index >= 15 is 0 Å². The summed E-state index contributed by atoms with van der Waals surface area (Å²) in [6.45, 7) is 6.63. The van der Waals surface area contributed by atoms with Crippen molar-refractivity contribution in [3.05, 3.63) is 11.2 Å². The zero-order chi connectivity index (χ0) is 17.0. The summed E-state index contributed by atoms with van der Waals surface area (Å²) in [7, 11) is 0. The van der Waals surface area contributed by atoms with Crippen LogP contribution in [0.4, 0.5) is 4.79 Å². The summed E-state index contributed by atoms with van der Waals surface area (Å²) in [5.74, 6) is 0.422. The highest BCUT2D eigenvalue weighted by atomic mass is 35.5. The summed E-state index contributed by atoms with van der Waals surface area (Å²) in [4.78, 5) is 22.3. The Balaban J connectivity index is 1.96. The molecule has 1 aromatic rings. The Hall–Kier alpha value is -1.21. The molecule has 1 saturated heterocycles. The van der Waals surface area contributed by atoms with Gasteiger partial charge in [-0.05, 0) is 39.9 Å². The average molecular weight is 360 g/mol. The first-order valence-electron chi connectivity index (χ1n) is 7.49. The van der Waals surface area contributed by atoms with Crippen molar-refractivity contribution in [2.24, 2.45) is 0 Å². The highest BCUT2D eigenvalue weighted by molar-refractivity contribution is 7.98. The van der Waals surface area contributed by atoms with E-state index in [0.717, 1.165) is 12.8 Å². The molecule has 1 amide bonds. The molecule has 128 valence electrons. The Labute approximate surface area is 145 Å². The van der Waals surface area contributed by atoms with E-state index < -0.39 is 5.60 Å². The van der Waals surface area contributed by atoms with Crippen molar-refractivity contribution >= 4 is 29.5 Å². The predicted molar refractivity (Wildman–Crippen MR) is 90.3 cm³/mol. The van der Waals surface area contributed by atoms with Crippen LogP contribution in [0.2, 0.25) is 5.15 Å². The second kappa shape index (κ2) is 7.57. The molecule has 0 spiro atoms. The number of amides is 1. The van der Waals surface area contributed by atoms with Crippen molar-refractivity contribution in [2.45, 2.75) is 50.4 Å². The van der Waals surface area contributed by atoms with E-state index in [1.165, 1.54) is 11.8 Å². The molecule has 0 saturated carbocycles. The number of thioether (sulfide) groups is 1. The Morgan fingerprint density at radius 3 is 2.87 bits per heavy atom. The van der Waals surface area contributed by atoms with Gasteiger partial charge in [0.2, 0.25) is 5.88 Å². The quantitative estimate of drug-likeness (QED) is 0.464. The molecular weight excluding hydrogens is 338 g/mol. The molecule has 1 fully saturated rings. The van der Waals surface area contributed by atoms with Crippen LogP contribution in [-0.4, -0.2) is 52.0 Å². The number of likely N-dealkylation sites (tertiary alicyclic amines) is 1. The van der Waals surface area contributed by atoms with E-state index in [0.29, 0.717) is 29.3 Å². The molecule has 6 nitrogen and oxygen atoms in total. The smallest absolute Gasteiger partial charge is 0.410 e. The fraction of sp³-hybridized carbons (Fsp3) is 0.667. The SMILES string of the molecule is CSc1nc(Cl)cc(OC[C@H]2CCCN2C(=O)OC(C)(C)C)n1. The number of carbonyl (C=O) groups excluding carboxylic acids is 1. The van der Waals surface area contributed by atoms with Crippen LogP contribution < -0.4 is 4.74 Å². The maximum absolute atomic E-state index is 12.2. The van der Waals surface area contributed by atoms with Crippen molar-refractivity contribution in [2.75, 3.05) is 19.4 Å². The van der Waals surface area contributed by atoms with E-state index in [9.17, 15) is 4.79 Å². The molecule has 0 aromatic carbocycles. The number of aromatic nitrogens is 2. The third-order valence-corrected chi connectivity index (χ3v) is 4.00. The van der Waals surface area contributed by atoms with Gasteiger partial charge in [0.1, 0.15) is 17.4 Å². The van der Waals surface area contributed by atoms with Crippen LogP contribution in [0.3, 0.4) is 0 Å². The van der Waals surface area contributed by atoms with Crippen LogP contribution in [0.25, 0.3) is 0 Å². The largest absolute Gasteiger partial charge is 0.475 e. The lowest BCUT2D eigenvalue weighted by molar-refractivity contribution is 0.0185. The minimum absolute atomic E-state index is 0.0173. The summed E-state index contributed by atoms with van der Waals surface area (Å²) >= 11 is 7.34. The van der Waals surface area contributed by atoms with Gasteiger partial charge in [-0.25, -0.2) is 9.78 Å². The number of rotatable bonds is 4. The minimum Gasteiger partial charge on any atom is -0.475 e. The van der Waals surface area contributed by atoms with Crippen LogP contribution in [0, 0.1) is 0 Å². The topological polar surface area (TPSA) is 64.5 Å². The summed E-state index contributed by atoms with van der Waals surface area (Å²) in [6.07, 6.45) is 3.40. The van der Waals surface area contributed by atoms with E-state index in [1.807, 2.05) is 27.0 Å². The van der Waals surface area contributed by atoms with Crippen molar-refractivity contribution < 1.29 is 14.3 Å². The van der Waals surface area contributed by atoms with Gasteiger partial charge in [-0.15, -0.1) is 0 Å². The fourth-order valence-corrected chi connectivity index (χ4v) is 2.89. The lowest BCUT2D eigenvalue weighted by atomic mass is 10.2. The molecule has 0 radical (unpaired) electrons. The number of nitrogens with zero attached hydrogens (tertiary/aromatic N) is 3. The first-order chi connectivity index (χ1) is 10.8. The monoisotopic (exact) mass is 359 g/mol. The maximum Gasteiger partial charge on any atom is 0.410 e. The molecule has 23 heavy (non-hydrogen) atoms. The van der Waals surface area contributed by atoms with Crippen molar-refractivity contribution in [3.8, 4) is 5.88 Å². The second-order valence-electron chi connectivity index (χ2n) is 6.30. The number of hydrogen-bond donors (Lipinski definition) is 0. The van der Waals surface area contributed by atoms with Gasteiger partial charge in [0.05, 0.1) is 6.04 Å². The van der Waals surface area contributed by atoms with Crippen LogP contribution in [-0.2, 0) is 4.74 Å². The third-order valence-electron chi connectivity index (χ3n) is 3.26. The zero-order valence-electron chi connectivity index (χ0n) is 13.8. The molecule has 2 heterocycles. The van der Waals surface area contributed by atoms with E-state index in [1.54, 1.807) is 11.0 Å². The highest BCUT2D eigenvalue weighted by Gasteiger charge is 2.32. The molecule has 1 aromatic heterocycles. The molecule has 0 bridgehead atoms. The molecule has 2 rings (SSSR count). The van der Waals surface area contributed by atoms with Crippen LogP contribution in [0.1, 0.15) is 33.6 Å². The van der Waals surface area contributed by atoms with Crippen LogP contribution >= 0.6 is 23.4 Å². The van der Waals surface area contributed by atoms with Crippen molar-refractivity contribution in [1.29, 1.82) is 0 Å². The second-order valence-corrected chi connectivity index (χ2v) is 7.46. The van der Waals surface area contributed by atoms with E-state index in [4.69, 9.17) is 21.1 Å². The normalized spacial score (nSPS) is 18.1. The van der Waals surface area contributed by atoms with Crippen LogP contribution in [0.5, 0.6) is 5.88 Å². The number of hydrogen-bond acceptors (Lipinski definition) is 6. The molecule has 0 unspecified atom stereocenters. The molecular formula is C15H22ClN3O3S. The summed E-state index contributed by atoms with van der Waals surface area (Å²) in [6, 6.07) is 1.56. The number of ether oxygens (including phenoxy) is 2. The van der Waals surface area contributed by atoms with Crippen molar-refractivity contribution in [3.63, 3.8) is 0 Å². The van der Waals surface area contributed by atoms with Gasteiger partial charge in [-0.1, -0.05) is 23.4 Å². The summed E-state index contributed by atoms with van der Waals surface area (Å²) in [5.41, 5.74) is -0.501. The third kappa shape index (κ3) is 5.42. The molecule has 8 heteroatoms. The minimum atomic E-state index is -0.501. The number of halogens is 1. The van der Waals surface area contributed by atoms with Gasteiger partial charge in [0, 0.05) is 12.6 Å². The first-order valence-corrected chi connectivity index (χ1v) is 9.10. The Bertz CT molecular complexity index is 565. The molecule has 1 atom stereocenters. The standard InChI is InChI=1S/C15H22ClN3O3S/c1-15(2,3)22-14(20)19-7-5-6-10(19)9-21-12-8-11(16)17-13(18-12)23-4/h8,10H,5-7,9H2,1-4H3/t10-/m1/s1. The highest BCUT2D eigenvalue weighted by Crippen LogP contribution is 2.23. The maximum atomic E-state index is 12.2. The molecule has 1 aliphatic rings. The first kappa shape index (κ1) is 18.1. The van der Waals surface area contributed by atoms with Gasteiger partial charge >= 0.3 is 6.09 Å². The summed E-state index contributed by atoms with van der Waals surface area (Å²) in [5, 5.41) is 0.901. The fourth-order valence-electron chi connectivity index (χ4n) is 2.29. The Morgan fingerprint density at radius 1 is 1.48 bits per heavy atom. The predicted octanol–water partition coefficient (Wildman–Crippen LogP) is 3.63. The van der Waals surface area contributed by atoms with Crippen LogP contribution in [0.15, 0.2) is 11.2 Å². The Morgan fingerprint density at radius 2 is 2.22 bits per heavy atom. The van der Waals surface area contributed by atoms with E-state index in [-0.39, 0.29) is 12.1 Å². The van der Waals surface area contributed by atoms with Gasteiger partial charge in [-0.3, -0.25) is 0 Å². The van der Waals surface area contributed by atoms with E-state index in [2.05, 4.69) is 9.97 Å². The van der Waals surface area contributed by atoms with Gasteiger partial charge in [0.15, 0.2) is 5.16 Å². The van der Waals surface area contributed by atoms with Gasteiger partial charge in [0.25, 0.3) is 0 Å².